The van der Waals surface area contributed by atoms with E-state index in [4.69, 9.17) is 11.6 Å². The van der Waals surface area contributed by atoms with E-state index in [9.17, 15) is 10.2 Å². The second kappa shape index (κ2) is 6.24. The Labute approximate surface area is 102 Å². The van der Waals surface area contributed by atoms with Gasteiger partial charge in [-0.25, -0.2) is 0 Å². The highest BCUT2D eigenvalue weighted by Crippen LogP contribution is 2.30. The van der Waals surface area contributed by atoms with E-state index in [0.717, 1.165) is 24.8 Å². The van der Waals surface area contributed by atoms with Crippen LogP contribution in [0.1, 0.15) is 31.7 Å². The van der Waals surface area contributed by atoms with Gasteiger partial charge in [0.25, 0.3) is 0 Å². The smallest absolute Gasteiger partial charge is 0.0550 e. The summed E-state index contributed by atoms with van der Waals surface area (Å²) in [6, 6.07) is 7.38. The number of hydrogen-bond acceptors (Lipinski definition) is 2. The Hall–Kier alpha value is -0.570. The molecule has 0 amide bonds. The number of rotatable bonds is 6. The normalized spacial score (nSPS) is 11.8. The fraction of sp³-hybridized carbons (Fsp3) is 0.538. The minimum atomic E-state index is -0.555. The molecular formula is C13H19ClO2. The van der Waals surface area contributed by atoms with Crippen molar-refractivity contribution >= 4 is 11.6 Å². The van der Waals surface area contributed by atoms with Gasteiger partial charge in [0.15, 0.2) is 0 Å². The molecule has 2 nitrogen and oxygen atoms in total. The molecule has 3 heteroatoms. The van der Waals surface area contributed by atoms with Crippen molar-refractivity contribution < 1.29 is 10.2 Å². The fourth-order valence-corrected chi connectivity index (χ4v) is 2.06. The fourth-order valence-electron chi connectivity index (χ4n) is 1.87. The van der Waals surface area contributed by atoms with Gasteiger partial charge < -0.3 is 10.2 Å². The zero-order valence-corrected chi connectivity index (χ0v) is 10.4. The zero-order valence-electron chi connectivity index (χ0n) is 9.62. The maximum absolute atomic E-state index is 9.54. The lowest BCUT2D eigenvalue weighted by atomic mass is 9.78. The van der Waals surface area contributed by atoms with Gasteiger partial charge in [0.1, 0.15) is 0 Å². The minimum absolute atomic E-state index is 0.0517. The van der Waals surface area contributed by atoms with Crippen LogP contribution in [0.15, 0.2) is 24.3 Å². The first-order chi connectivity index (χ1) is 7.68. The van der Waals surface area contributed by atoms with Crippen LogP contribution in [0, 0.1) is 0 Å². The Bertz CT molecular complexity index is 321. The van der Waals surface area contributed by atoms with Gasteiger partial charge in [-0.3, -0.25) is 0 Å². The van der Waals surface area contributed by atoms with Gasteiger partial charge >= 0.3 is 0 Å². The first-order valence-electron chi connectivity index (χ1n) is 5.66. The van der Waals surface area contributed by atoms with Crippen molar-refractivity contribution in [3.63, 3.8) is 0 Å². The highest BCUT2D eigenvalue weighted by Gasteiger charge is 2.30. The van der Waals surface area contributed by atoms with Gasteiger partial charge in [0.05, 0.1) is 13.2 Å². The first kappa shape index (κ1) is 13.5. The predicted octanol–water partition coefficient (Wildman–Crippen LogP) is 2.75. The number of aliphatic hydroxyl groups excluding tert-OH is 2. The van der Waals surface area contributed by atoms with Crippen molar-refractivity contribution in [1.29, 1.82) is 0 Å². The van der Waals surface area contributed by atoms with Gasteiger partial charge in [0, 0.05) is 10.4 Å². The van der Waals surface area contributed by atoms with Crippen molar-refractivity contribution in [3.05, 3.63) is 34.9 Å². The van der Waals surface area contributed by atoms with E-state index in [1.54, 1.807) is 6.07 Å². The van der Waals surface area contributed by atoms with E-state index in [1.807, 2.05) is 18.2 Å². The van der Waals surface area contributed by atoms with Crippen LogP contribution in [-0.4, -0.2) is 23.4 Å². The number of hydrogen-bond donors (Lipinski definition) is 2. The molecule has 90 valence electrons. The summed E-state index contributed by atoms with van der Waals surface area (Å²) in [5, 5.41) is 19.7. The van der Waals surface area contributed by atoms with E-state index < -0.39 is 5.41 Å². The quantitative estimate of drug-likeness (QED) is 0.805. The van der Waals surface area contributed by atoms with Crippen LogP contribution in [0.25, 0.3) is 0 Å². The molecule has 0 saturated heterocycles. The van der Waals surface area contributed by atoms with Crippen LogP contribution in [0.3, 0.4) is 0 Å². The number of halogens is 1. The van der Waals surface area contributed by atoms with E-state index in [0.29, 0.717) is 5.02 Å². The summed E-state index contributed by atoms with van der Waals surface area (Å²) < 4.78 is 0. The van der Waals surface area contributed by atoms with Crippen LogP contribution < -0.4 is 0 Å². The summed E-state index contributed by atoms with van der Waals surface area (Å²) in [6.07, 6.45) is 2.80. The Morgan fingerprint density at radius 3 is 2.44 bits per heavy atom. The topological polar surface area (TPSA) is 40.5 Å². The molecule has 0 saturated carbocycles. The van der Waals surface area contributed by atoms with Crippen molar-refractivity contribution in [2.24, 2.45) is 0 Å². The largest absolute Gasteiger partial charge is 0.395 e. The standard InChI is InChI=1S/C13H19ClO2/c1-2-3-7-13(9-15,10-16)11-5-4-6-12(14)8-11/h4-6,8,15-16H,2-3,7,9-10H2,1H3. The number of unbranched alkanes of at least 4 members (excludes halogenated alkanes) is 1. The molecule has 0 bridgehead atoms. The second-order valence-corrected chi connectivity index (χ2v) is 4.65. The summed E-state index contributed by atoms with van der Waals surface area (Å²) >= 11 is 5.94. The monoisotopic (exact) mass is 242 g/mol. The molecule has 0 atom stereocenters. The third-order valence-corrected chi connectivity index (χ3v) is 3.29. The Morgan fingerprint density at radius 1 is 1.25 bits per heavy atom. The van der Waals surface area contributed by atoms with E-state index in [-0.39, 0.29) is 13.2 Å². The summed E-state index contributed by atoms with van der Waals surface area (Å²) in [6.45, 7) is 1.99. The predicted molar refractivity (Wildman–Crippen MR) is 66.8 cm³/mol. The van der Waals surface area contributed by atoms with Crippen LogP contribution in [-0.2, 0) is 5.41 Å². The molecule has 16 heavy (non-hydrogen) atoms. The second-order valence-electron chi connectivity index (χ2n) is 4.21. The van der Waals surface area contributed by atoms with E-state index in [1.165, 1.54) is 0 Å². The molecule has 0 aliphatic heterocycles. The van der Waals surface area contributed by atoms with Gasteiger partial charge in [-0.2, -0.15) is 0 Å². The molecule has 0 fully saturated rings. The minimum Gasteiger partial charge on any atom is -0.395 e. The molecule has 1 rings (SSSR count). The molecule has 0 unspecified atom stereocenters. The molecule has 0 aliphatic carbocycles. The Kier molecular flexibility index (Phi) is 5.26. The Morgan fingerprint density at radius 2 is 1.94 bits per heavy atom. The van der Waals surface area contributed by atoms with E-state index >= 15 is 0 Å². The molecule has 0 spiro atoms. The maximum Gasteiger partial charge on any atom is 0.0550 e. The van der Waals surface area contributed by atoms with Gasteiger partial charge in [0.2, 0.25) is 0 Å². The molecule has 0 aliphatic rings. The van der Waals surface area contributed by atoms with Gasteiger partial charge in [-0.05, 0) is 24.1 Å². The Balaban J connectivity index is 2.99. The highest BCUT2D eigenvalue weighted by molar-refractivity contribution is 6.30. The average Bonchev–Trinajstić information content (AvgIpc) is 2.31. The molecule has 0 aromatic heterocycles. The van der Waals surface area contributed by atoms with E-state index in [2.05, 4.69) is 6.92 Å². The lowest BCUT2D eigenvalue weighted by Crippen LogP contribution is -2.34. The molecular weight excluding hydrogens is 224 g/mol. The van der Waals surface area contributed by atoms with Crippen molar-refractivity contribution in [2.75, 3.05) is 13.2 Å². The lowest BCUT2D eigenvalue weighted by molar-refractivity contribution is 0.107. The number of benzene rings is 1. The molecule has 1 aromatic carbocycles. The summed E-state index contributed by atoms with van der Waals surface area (Å²) in [5.41, 5.74) is 0.361. The van der Waals surface area contributed by atoms with Gasteiger partial charge in [-0.15, -0.1) is 0 Å². The van der Waals surface area contributed by atoms with Crippen molar-refractivity contribution in [1.82, 2.24) is 0 Å². The summed E-state index contributed by atoms with van der Waals surface area (Å²) in [5.74, 6) is 0. The third kappa shape index (κ3) is 2.97. The summed E-state index contributed by atoms with van der Waals surface area (Å²) in [4.78, 5) is 0. The molecule has 1 aromatic rings. The third-order valence-electron chi connectivity index (χ3n) is 3.05. The van der Waals surface area contributed by atoms with Crippen molar-refractivity contribution in [2.45, 2.75) is 31.6 Å². The first-order valence-corrected chi connectivity index (χ1v) is 6.04. The average molecular weight is 243 g/mol. The van der Waals surface area contributed by atoms with Crippen LogP contribution in [0.4, 0.5) is 0 Å². The molecule has 2 N–H and O–H groups in total. The number of aliphatic hydroxyl groups is 2. The SMILES string of the molecule is CCCCC(CO)(CO)c1cccc(Cl)c1. The van der Waals surface area contributed by atoms with Crippen molar-refractivity contribution in [3.8, 4) is 0 Å². The van der Waals surface area contributed by atoms with Crippen LogP contribution in [0.2, 0.25) is 5.02 Å². The zero-order chi connectivity index (χ0) is 12.0. The van der Waals surface area contributed by atoms with Crippen LogP contribution in [0.5, 0.6) is 0 Å². The van der Waals surface area contributed by atoms with Gasteiger partial charge in [-0.1, -0.05) is 43.5 Å². The highest BCUT2D eigenvalue weighted by atomic mass is 35.5. The maximum atomic E-state index is 9.54. The molecule has 0 radical (unpaired) electrons. The lowest BCUT2D eigenvalue weighted by Gasteiger charge is -2.30. The van der Waals surface area contributed by atoms with Crippen LogP contribution >= 0.6 is 11.6 Å². The molecule has 0 heterocycles. The summed E-state index contributed by atoms with van der Waals surface area (Å²) in [7, 11) is 0.